The van der Waals surface area contributed by atoms with Gasteiger partial charge < -0.3 is 14.8 Å². The van der Waals surface area contributed by atoms with Gasteiger partial charge in [-0.2, -0.15) is 5.10 Å². The molecule has 9 nitrogen and oxygen atoms in total. The second kappa shape index (κ2) is 11.0. The van der Waals surface area contributed by atoms with Gasteiger partial charge in [0.15, 0.2) is 18.2 Å². The zero-order valence-corrected chi connectivity index (χ0v) is 21.0. The van der Waals surface area contributed by atoms with Crippen LogP contribution in [0.3, 0.4) is 0 Å². The Morgan fingerprint density at radius 1 is 1.00 bits per heavy atom. The first-order valence-electron chi connectivity index (χ1n) is 10.0. The molecule has 184 valence electrons. The van der Waals surface area contributed by atoms with Gasteiger partial charge in [-0.1, -0.05) is 52.5 Å². The monoisotopic (exact) mass is 566 g/mol. The molecule has 4 aromatic rings. The van der Waals surface area contributed by atoms with E-state index in [1.165, 1.54) is 47.3 Å². The Balaban J connectivity index is 1.49. The highest BCUT2D eigenvalue weighted by Crippen LogP contribution is 2.35. The van der Waals surface area contributed by atoms with E-state index < -0.39 is 10.8 Å². The number of anilines is 1. The van der Waals surface area contributed by atoms with Gasteiger partial charge >= 0.3 is 0 Å². The second-order valence-corrected chi connectivity index (χ2v) is 8.83. The third kappa shape index (κ3) is 6.19. The number of nitro benzene ring substituents is 1. The summed E-state index contributed by atoms with van der Waals surface area (Å²) in [4.78, 5) is 23.5. The number of aromatic nitrogens is 2. The minimum absolute atomic E-state index is 0.0403. The Morgan fingerprint density at radius 3 is 2.44 bits per heavy atom. The van der Waals surface area contributed by atoms with Crippen LogP contribution in [0.15, 0.2) is 66.9 Å². The molecule has 36 heavy (non-hydrogen) atoms. The number of halogens is 4. The van der Waals surface area contributed by atoms with Gasteiger partial charge in [0.1, 0.15) is 11.5 Å². The van der Waals surface area contributed by atoms with E-state index in [1.807, 2.05) is 0 Å². The summed E-state index contributed by atoms with van der Waals surface area (Å²) < 4.78 is 12.6. The smallest absolute Gasteiger partial charge is 0.276 e. The summed E-state index contributed by atoms with van der Waals surface area (Å²) in [5.74, 6) is -0.0109. The third-order valence-electron chi connectivity index (χ3n) is 4.62. The van der Waals surface area contributed by atoms with Gasteiger partial charge in [-0.3, -0.25) is 14.9 Å². The maximum atomic E-state index is 12.7. The Morgan fingerprint density at radius 2 is 1.75 bits per heavy atom. The fraction of sp³-hybridized carbons (Fsp3) is 0.0435. The number of hydrogen-bond donors (Lipinski definition) is 1. The van der Waals surface area contributed by atoms with Crippen LogP contribution in [0.1, 0.15) is 10.5 Å². The summed E-state index contributed by atoms with van der Waals surface area (Å²) in [6.07, 6.45) is 1.52. The highest BCUT2D eigenvalue weighted by Gasteiger charge is 2.16. The van der Waals surface area contributed by atoms with Gasteiger partial charge in [-0.05, 0) is 36.4 Å². The maximum Gasteiger partial charge on any atom is 0.276 e. The highest BCUT2D eigenvalue weighted by molar-refractivity contribution is 6.37. The number of hydrogen-bond acceptors (Lipinski definition) is 6. The lowest BCUT2D eigenvalue weighted by Gasteiger charge is -2.10. The van der Waals surface area contributed by atoms with Gasteiger partial charge in [-0.25, -0.2) is 4.68 Å². The van der Waals surface area contributed by atoms with Gasteiger partial charge in [0.25, 0.3) is 11.6 Å². The number of para-hydroxylation sites is 1. The molecule has 4 rings (SSSR count). The third-order valence-corrected chi connectivity index (χ3v) is 5.74. The summed E-state index contributed by atoms with van der Waals surface area (Å²) in [7, 11) is 0. The molecular weight excluding hydrogens is 554 g/mol. The highest BCUT2D eigenvalue weighted by atomic mass is 35.5. The van der Waals surface area contributed by atoms with E-state index in [2.05, 4.69) is 10.4 Å². The molecule has 3 aromatic carbocycles. The largest absolute Gasteiger partial charge is 0.468 e. The van der Waals surface area contributed by atoms with Crippen molar-refractivity contribution in [2.24, 2.45) is 0 Å². The molecule has 1 N–H and O–H groups in total. The van der Waals surface area contributed by atoms with Crippen molar-refractivity contribution >= 4 is 63.7 Å². The number of non-ortho nitro benzene ring substituents is 1. The summed E-state index contributed by atoms with van der Waals surface area (Å²) in [5.41, 5.74) is -0.148. The number of nitro groups is 1. The Kier molecular flexibility index (Phi) is 7.85. The number of nitrogens with zero attached hydrogens (tertiary/aromatic N) is 3. The molecular formula is C23H14Cl4N4O5. The molecule has 0 aliphatic rings. The summed E-state index contributed by atoms with van der Waals surface area (Å²) in [6.45, 7) is -0.0621. The van der Waals surface area contributed by atoms with Crippen molar-refractivity contribution in [3.63, 3.8) is 0 Å². The van der Waals surface area contributed by atoms with Crippen molar-refractivity contribution in [1.82, 2.24) is 9.78 Å². The predicted octanol–water partition coefficient (Wildman–Crippen LogP) is 7.49. The van der Waals surface area contributed by atoms with E-state index in [-0.39, 0.29) is 46.1 Å². The quantitative estimate of drug-likeness (QED) is 0.174. The number of nitrogens with one attached hydrogen (secondary N) is 1. The molecule has 0 aliphatic heterocycles. The molecule has 0 atom stereocenters. The van der Waals surface area contributed by atoms with Crippen LogP contribution >= 0.6 is 46.4 Å². The van der Waals surface area contributed by atoms with Crippen molar-refractivity contribution in [2.75, 3.05) is 5.32 Å². The van der Waals surface area contributed by atoms with E-state index in [0.717, 1.165) is 0 Å². The van der Waals surface area contributed by atoms with E-state index in [9.17, 15) is 14.9 Å². The Bertz CT molecular complexity index is 1440. The second-order valence-electron chi connectivity index (χ2n) is 7.17. The number of rotatable bonds is 8. The SMILES string of the molecule is O=C(Nc1cc(Oc2ccc(Cl)cc2Cl)cc([N+](=O)[O-])c1)c1ccn(COc2c(Cl)cccc2Cl)n1. The first-order valence-corrected chi connectivity index (χ1v) is 11.5. The van der Waals surface area contributed by atoms with Crippen molar-refractivity contribution in [3.05, 3.63) is 103 Å². The van der Waals surface area contributed by atoms with E-state index >= 15 is 0 Å². The van der Waals surface area contributed by atoms with Gasteiger partial charge in [-0.15, -0.1) is 0 Å². The van der Waals surface area contributed by atoms with Crippen LogP contribution in [-0.2, 0) is 6.73 Å². The molecule has 0 saturated heterocycles. The topological polar surface area (TPSA) is 109 Å². The van der Waals surface area contributed by atoms with Crippen molar-refractivity contribution in [2.45, 2.75) is 6.73 Å². The van der Waals surface area contributed by atoms with Gasteiger partial charge in [0.2, 0.25) is 0 Å². The molecule has 0 unspecified atom stereocenters. The van der Waals surface area contributed by atoms with Crippen LogP contribution < -0.4 is 14.8 Å². The van der Waals surface area contributed by atoms with Gasteiger partial charge in [0.05, 0.1) is 31.7 Å². The zero-order chi connectivity index (χ0) is 25.8. The van der Waals surface area contributed by atoms with Crippen molar-refractivity contribution in [3.8, 4) is 17.2 Å². The molecule has 0 radical (unpaired) electrons. The van der Waals surface area contributed by atoms with Crippen LogP contribution in [-0.4, -0.2) is 20.6 Å². The minimum Gasteiger partial charge on any atom is -0.468 e. The molecule has 0 fully saturated rings. The van der Waals surface area contributed by atoms with Crippen LogP contribution in [0.25, 0.3) is 0 Å². The van der Waals surface area contributed by atoms with E-state index in [1.54, 1.807) is 24.3 Å². The lowest BCUT2D eigenvalue weighted by Crippen LogP contribution is -2.14. The Hall–Kier alpha value is -3.50. The number of carbonyl (C=O) groups is 1. The Labute approximate surface area is 224 Å². The zero-order valence-electron chi connectivity index (χ0n) is 18.0. The molecule has 13 heteroatoms. The molecule has 0 bridgehead atoms. The molecule has 0 spiro atoms. The van der Waals surface area contributed by atoms with Crippen molar-refractivity contribution < 1.29 is 19.2 Å². The summed E-state index contributed by atoms with van der Waals surface area (Å²) in [5, 5.41) is 19.4. The first-order chi connectivity index (χ1) is 17.2. The maximum absolute atomic E-state index is 12.7. The number of ether oxygens (including phenoxy) is 2. The standard InChI is InChI=1S/C23H14Cl4N4O5/c24-13-4-5-21(19(27)8-13)36-16-10-14(9-15(11-16)31(33)34)28-23(32)20-6-7-30(29-20)12-35-22-17(25)2-1-3-18(22)26/h1-11H,12H2,(H,28,32). The predicted molar refractivity (Wildman–Crippen MR) is 137 cm³/mol. The lowest BCUT2D eigenvalue weighted by molar-refractivity contribution is -0.384. The van der Waals surface area contributed by atoms with E-state index in [0.29, 0.717) is 15.1 Å². The van der Waals surface area contributed by atoms with Crippen LogP contribution in [0, 0.1) is 10.1 Å². The fourth-order valence-corrected chi connectivity index (χ4v) is 3.96. The normalized spacial score (nSPS) is 10.7. The summed E-state index contributed by atoms with van der Waals surface area (Å²) >= 11 is 24.2. The lowest BCUT2D eigenvalue weighted by atomic mass is 10.2. The van der Waals surface area contributed by atoms with Crippen LogP contribution in [0.5, 0.6) is 17.2 Å². The number of amides is 1. The fourth-order valence-electron chi connectivity index (χ4n) is 3.01. The molecule has 1 aromatic heterocycles. The minimum atomic E-state index is -0.613. The number of benzene rings is 3. The molecule has 1 heterocycles. The molecule has 1 amide bonds. The first kappa shape index (κ1) is 25.6. The van der Waals surface area contributed by atoms with Crippen LogP contribution in [0.2, 0.25) is 20.1 Å². The molecule has 0 aliphatic carbocycles. The molecule has 0 saturated carbocycles. The van der Waals surface area contributed by atoms with Gasteiger partial charge in [0, 0.05) is 23.4 Å². The van der Waals surface area contributed by atoms with Crippen molar-refractivity contribution in [1.29, 1.82) is 0 Å². The summed E-state index contributed by atoms with van der Waals surface area (Å²) in [6, 6.07) is 14.7. The average Bonchev–Trinajstić information content (AvgIpc) is 3.30. The number of carbonyl (C=O) groups excluding carboxylic acids is 1. The average molecular weight is 568 g/mol. The van der Waals surface area contributed by atoms with E-state index in [4.69, 9.17) is 55.9 Å². The van der Waals surface area contributed by atoms with Crippen LogP contribution in [0.4, 0.5) is 11.4 Å².